The molecule has 0 saturated heterocycles. The Balaban J connectivity index is 1.71. The zero-order chi connectivity index (χ0) is 23.0. The molecule has 3 heterocycles. The summed E-state index contributed by atoms with van der Waals surface area (Å²) >= 11 is 0. The van der Waals surface area contributed by atoms with Gasteiger partial charge in [-0.25, -0.2) is 19.4 Å². The number of aryl methyl sites for hydroxylation is 1. The Labute approximate surface area is 181 Å². The highest BCUT2D eigenvalue weighted by Crippen LogP contribution is 2.41. The van der Waals surface area contributed by atoms with E-state index in [0.717, 1.165) is 18.9 Å². The highest BCUT2D eigenvalue weighted by atomic mass is 19.4. The Bertz CT molecular complexity index is 1170. The number of carbonyl (C=O) groups is 1. The van der Waals surface area contributed by atoms with E-state index in [0.29, 0.717) is 11.3 Å². The SMILES string of the molecule is CC(C)OC(=O)/C(=C/n1cnc(-c2cc(C3CC3)nc(C(F)(F)F)c2)n1)c1cnn(C)c1. The van der Waals surface area contributed by atoms with Gasteiger partial charge in [0, 0.05) is 42.2 Å². The predicted octanol–water partition coefficient (Wildman–Crippen LogP) is 3.92. The molecule has 0 atom stereocenters. The molecule has 8 nitrogen and oxygen atoms in total. The quantitative estimate of drug-likeness (QED) is 0.421. The average Bonchev–Trinajstić information content (AvgIpc) is 3.31. The van der Waals surface area contributed by atoms with Crippen LogP contribution >= 0.6 is 0 Å². The number of pyridine rings is 1. The van der Waals surface area contributed by atoms with Crippen LogP contribution in [0.5, 0.6) is 0 Å². The molecular formula is C21H21F3N6O2. The normalized spacial score (nSPS) is 14.8. The molecular weight excluding hydrogens is 425 g/mol. The predicted molar refractivity (Wildman–Crippen MR) is 109 cm³/mol. The molecule has 0 aliphatic heterocycles. The number of aromatic nitrogens is 6. The van der Waals surface area contributed by atoms with Gasteiger partial charge in [-0.3, -0.25) is 4.68 Å². The van der Waals surface area contributed by atoms with Gasteiger partial charge in [-0.05, 0) is 38.8 Å². The minimum absolute atomic E-state index is 0.0287. The van der Waals surface area contributed by atoms with Crippen molar-refractivity contribution >= 4 is 17.7 Å². The fourth-order valence-electron chi connectivity index (χ4n) is 3.10. The fourth-order valence-corrected chi connectivity index (χ4v) is 3.10. The van der Waals surface area contributed by atoms with Crippen LogP contribution in [0.2, 0.25) is 0 Å². The second-order valence-electron chi connectivity index (χ2n) is 7.89. The molecule has 1 saturated carbocycles. The first-order valence-electron chi connectivity index (χ1n) is 10.0. The van der Waals surface area contributed by atoms with E-state index in [9.17, 15) is 18.0 Å². The molecule has 168 valence electrons. The smallest absolute Gasteiger partial charge is 0.433 e. The monoisotopic (exact) mass is 446 g/mol. The first-order valence-corrected chi connectivity index (χ1v) is 10.0. The van der Waals surface area contributed by atoms with Crippen molar-refractivity contribution < 1.29 is 22.7 Å². The number of nitrogens with zero attached hydrogens (tertiary/aromatic N) is 6. The number of esters is 1. The maximum absolute atomic E-state index is 13.3. The van der Waals surface area contributed by atoms with Crippen molar-refractivity contribution in [3.05, 3.63) is 47.8 Å². The second kappa shape index (κ2) is 8.21. The topological polar surface area (TPSA) is 87.7 Å². The van der Waals surface area contributed by atoms with Crippen LogP contribution in [0.25, 0.3) is 23.2 Å². The summed E-state index contributed by atoms with van der Waals surface area (Å²) < 4.78 is 48.1. The Hall–Kier alpha value is -3.50. The molecule has 3 aromatic rings. The summed E-state index contributed by atoms with van der Waals surface area (Å²) in [5.74, 6) is -0.454. The van der Waals surface area contributed by atoms with E-state index in [-0.39, 0.29) is 29.0 Å². The lowest BCUT2D eigenvalue weighted by atomic mass is 10.1. The van der Waals surface area contributed by atoms with Crippen molar-refractivity contribution in [3.63, 3.8) is 0 Å². The van der Waals surface area contributed by atoms with Gasteiger partial charge in [0.1, 0.15) is 12.0 Å². The highest BCUT2D eigenvalue weighted by Gasteiger charge is 2.35. The van der Waals surface area contributed by atoms with Gasteiger partial charge in [0.2, 0.25) is 0 Å². The number of hydrogen-bond donors (Lipinski definition) is 0. The molecule has 11 heteroatoms. The second-order valence-corrected chi connectivity index (χ2v) is 7.89. The molecule has 0 unspecified atom stereocenters. The van der Waals surface area contributed by atoms with E-state index in [1.54, 1.807) is 33.2 Å². The lowest BCUT2D eigenvalue weighted by Crippen LogP contribution is -2.13. The zero-order valence-electron chi connectivity index (χ0n) is 17.7. The largest absolute Gasteiger partial charge is 0.459 e. The number of ether oxygens (including phenoxy) is 1. The number of carbonyl (C=O) groups excluding carboxylic acids is 1. The third-order valence-corrected chi connectivity index (χ3v) is 4.74. The van der Waals surface area contributed by atoms with Crippen LogP contribution in [0.15, 0.2) is 30.9 Å². The molecule has 0 spiro atoms. The van der Waals surface area contributed by atoms with Crippen LogP contribution in [0.1, 0.15) is 49.6 Å². The number of halogens is 3. The van der Waals surface area contributed by atoms with E-state index in [2.05, 4.69) is 20.2 Å². The summed E-state index contributed by atoms with van der Waals surface area (Å²) in [6, 6.07) is 2.52. The van der Waals surface area contributed by atoms with Gasteiger partial charge < -0.3 is 4.74 Å². The van der Waals surface area contributed by atoms with Crippen LogP contribution < -0.4 is 0 Å². The summed E-state index contributed by atoms with van der Waals surface area (Å²) in [6.07, 6.45) is 2.58. The molecule has 0 bridgehead atoms. The lowest BCUT2D eigenvalue weighted by molar-refractivity contribution is -0.141. The molecule has 0 radical (unpaired) electrons. The van der Waals surface area contributed by atoms with Crippen molar-refractivity contribution in [2.75, 3.05) is 0 Å². The van der Waals surface area contributed by atoms with Crippen LogP contribution in [-0.4, -0.2) is 41.6 Å². The van der Waals surface area contributed by atoms with Crippen molar-refractivity contribution in [2.24, 2.45) is 7.05 Å². The van der Waals surface area contributed by atoms with E-state index < -0.39 is 17.8 Å². The van der Waals surface area contributed by atoms with E-state index in [4.69, 9.17) is 4.74 Å². The van der Waals surface area contributed by atoms with Gasteiger partial charge in [-0.2, -0.15) is 18.3 Å². The number of rotatable bonds is 6. The van der Waals surface area contributed by atoms with Gasteiger partial charge in [-0.1, -0.05) is 0 Å². The van der Waals surface area contributed by atoms with Crippen LogP contribution in [0.3, 0.4) is 0 Å². The Morgan fingerprint density at radius 2 is 2.03 bits per heavy atom. The maximum Gasteiger partial charge on any atom is 0.433 e. The molecule has 4 rings (SSSR count). The van der Waals surface area contributed by atoms with Gasteiger partial charge in [0.05, 0.1) is 17.9 Å². The van der Waals surface area contributed by atoms with Crippen LogP contribution in [0, 0.1) is 0 Å². The van der Waals surface area contributed by atoms with Crippen molar-refractivity contribution in [2.45, 2.75) is 44.9 Å². The van der Waals surface area contributed by atoms with Gasteiger partial charge in [0.15, 0.2) is 5.82 Å². The van der Waals surface area contributed by atoms with Gasteiger partial charge in [-0.15, -0.1) is 5.10 Å². The molecule has 1 fully saturated rings. The summed E-state index contributed by atoms with van der Waals surface area (Å²) in [6.45, 7) is 3.46. The minimum Gasteiger partial charge on any atom is -0.459 e. The highest BCUT2D eigenvalue weighted by molar-refractivity contribution is 6.20. The molecule has 3 aromatic heterocycles. The van der Waals surface area contributed by atoms with Gasteiger partial charge >= 0.3 is 12.1 Å². The first-order chi connectivity index (χ1) is 15.1. The third-order valence-electron chi connectivity index (χ3n) is 4.74. The maximum atomic E-state index is 13.3. The molecule has 1 aliphatic carbocycles. The van der Waals surface area contributed by atoms with Crippen molar-refractivity contribution in [1.82, 2.24) is 29.5 Å². The van der Waals surface area contributed by atoms with Crippen LogP contribution in [0.4, 0.5) is 13.2 Å². The van der Waals surface area contributed by atoms with E-state index >= 15 is 0 Å². The standard InChI is InChI=1S/C21H21F3N6O2/c1-12(2)32-20(31)16(15-8-26-29(3)9-15)10-30-11-25-19(28-30)14-6-17(13-4-5-13)27-18(7-14)21(22,23)24/h6-13H,4-5H2,1-3H3/b16-10+. The Kier molecular flexibility index (Phi) is 5.57. The summed E-state index contributed by atoms with van der Waals surface area (Å²) in [5.41, 5.74) is 0.329. The fraction of sp³-hybridized carbons (Fsp3) is 0.381. The van der Waals surface area contributed by atoms with E-state index in [1.165, 1.54) is 28.1 Å². The first kappa shape index (κ1) is 21.7. The average molecular weight is 446 g/mol. The van der Waals surface area contributed by atoms with Crippen molar-refractivity contribution in [3.8, 4) is 11.4 Å². The third kappa shape index (κ3) is 4.87. The zero-order valence-corrected chi connectivity index (χ0v) is 17.7. The van der Waals surface area contributed by atoms with Gasteiger partial charge in [0.25, 0.3) is 0 Å². The lowest BCUT2D eigenvalue weighted by Gasteiger charge is -2.10. The Morgan fingerprint density at radius 3 is 2.62 bits per heavy atom. The van der Waals surface area contributed by atoms with Crippen LogP contribution in [-0.2, 0) is 22.8 Å². The summed E-state index contributed by atoms with van der Waals surface area (Å²) in [7, 11) is 1.71. The summed E-state index contributed by atoms with van der Waals surface area (Å²) in [4.78, 5) is 20.5. The van der Waals surface area contributed by atoms with E-state index in [1.807, 2.05) is 0 Å². The number of alkyl halides is 3. The summed E-state index contributed by atoms with van der Waals surface area (Å²) in [5, 5.41) is 8.32. The molecule has 0 N–H and O–H groups in total. The number of hydrogen-bond acceptors (Lipinski definition) is 6. The molecule has 0 amide bonds. The Morgan fingerprint density at radius 1 is 1.28 bits per heavy atom. The van der Waals surface area contributed by atoms with Crippen molar-refractivity contribution in [1.29, 1.82) is 0 Å². The molecule has 32 heavy (non-hydrogen) atoms. The molecule has 1 aliphatic rings. The molecule has 0 aromatic carbocycles. The minimum atomic E-state index is -4.57.